The van der Waals surface area contributed by atoms with Crippen molar-refractivity contribution in [3.63, 3.8) is 0 Å². The summed E-state index contributed by atoms with van der Waals surface area (Å²) in [5.41, 5.74) is 14.3. The summed E-state index contributed by atoms with van der Waals surface area (Å²) in [4.78, 5) is 8.35. The maximum atomic E-state index is 4.17. The second kappa shape index (κ2) is 11.5. The van der Waals surface area contributed by atoms with Gasteiger partial charge in [-0.15, -0.1) is 0 Å². The summed E-state index contributed by atoms with van der Waals surface area (Å²) in [5.74, 6) is 0. The standard InChI is InChI=1S/C40H28N2/c1-3-7-33(8-4-1)37-27-38(34-9-5-2-6-10-34)40(36-17-13-30(14-18-36)32-21-25-42-26-22-32)28-39(37)35-15-11-29(12-16-35)31-19-23-41-24-20-31/h1-28H. The summed E-state index contributed by atoms with van der Waals surface area (Å²) < 4.78 is 0. The van der Waals surface area contributed by atoms with Gasteiger partial charge in [0.25, 0.3) is 0 Å². The zero-order valence-electron chi connectivity index (χ0n) is 23.1. The minimum Gasteiger partial charge on any atom is -0.265 e. The van der Waals surface area contributed by atoms with Gasteiger partial charge in [-0.25, -0.2) is 0 Å². The van der Waals surface area contributed by atoms with Crippen molar-refractivity contribution < 1.29 is 0 Å². The lowest BCUT2D eigenvalue weighted by Gasteiger charge is -2.19. The predicted octanol–water partition coefficient (Wildman–Crippen LogP) is 10.5. The number of nitrogens with zero attached hydrogens (tertiary/aromatic N) is 2. The smallest absolute Gasteiger partial charge is 0.0273 e. The van der Waals surface area contributed by atoms with E-state index in [1.165, 1.54) is 55.6 Å². The normalized spacial score (nSPS) is 10.9. The molecule has 0 saturated heterocycles. The number of benzene rings is 5. The molecule has 42 heavy (non-hydrogen) atoms. The van der Waals surface area contributed by atoms with Crippen molar-refractivity contribution >= 4 is 0 Å². The van der Waals surface area contributed by atoms with Gasteiger partial charge >= 0.3 is 0 Å². The molecule has 5 aromatic carbocycles. The average molecular weight is 537 g/mol. The van der Waals surface area contributed by atoms with Crippen LogP contribution in [-0.2, 0) is 0 Å². The van der Waals surface area contributed by atoms with Gasteiger partial charge in [0.2, 0.25) is 0 Å². The summed E-state index contributed by atoms with van der Waals surface area (Å²) in [6, 6.07) is 52.0. The van der Waals surface area contributed by atoms with Gasteiger partial charge in [0.1, 0.15) is 0 Å². The maximum Gasteiger partial charge on any atom is 0.0273 e. The van der Waals surface area contributed by atoms with Gasteiger partial charge in [-0.2, -0.15) is 0 Å². The first-order chi connectivity index (χ1) is 20.8. The molecule has 0 unspecified atom stereocenters. The Morgan fingerprint density at radius 3 is 0.833 bits per heavy atom. The van der Waals surface area contributed by atoms with Crippen LogP contribution in [0.5, 0.6) is 0 Å². The van der Waals surface area contributed by atoms with Crippen molar-refractivity contribution in [3.8, 4) is 66.8 Å². The van der Waals surface area contributed by atoms with Crippen molar-refractivity contribution in [2.24, 2.45) is 0 Å². The van der Waals surface area contributed by atoms with Crippen LogP contribution < -0.4 is 0 Å². The molecule has 198 valence electrons. The fourth-order valence-corrected chi connectivity index (χ4v) is 5.56. The molecule has 0 spiro atoms. The molecule has 0 N–H and O–H groups in total. The number of rotatable bonds is 6. The molecule has 0 aliphatic carbocycles. The summed E-state index contributed by atoms with van der Waals surface area (Å²) in [6.07, 6.45) is 7.35. The molecule has 2 aromatic heterocycles. The maximum absolute atomic E-state index is 4.17. The third kappa shape index (κ3) is 5.14. The fraction of sp³-hybridized carbons (Fsp3) is 0. The van der Waals surface area contributed by atoms with Crippen LogP contribution in [0.25, 0.3) is 66.8 Å². The number of hydrogen-bond acceptors (Lipinski definition) is 2. The van der Waals surface area contributed by atoms with Crippen LogP contribution in [-0.4, -0.2) is 9.97 Å². The van der Waals surface area contributed by atoms with E-state index in [-0.39, 0.29) is 0 Å². The van der Waals surface area contributed by atoms with E-state index in [9.17, 15) is 0 Å². The van der Waals surface area contributed by atoms with Crippen LogP contribution in [0.3, 0.4) is 0 Å². The molecule has 0 radical (unpaired) electrons. The first kappa shape index (κ1) is 25.4. The van der Waals surface area contributed by atoms with Gasteiger partial charge < -0.3 is 0 Å². The Labute approximate surface area is 246 Å². The lowest BCUT2D eigenvalue weighted by molar-refractivity contribution is 1.33. The molecule has 2 heteroatoms. The van der Waals surface area contributed by atoms with Crippen LogP contribution in [0.1, 0.15) is 0 Å². The highest BCUT2D eigenvalue weighted by Gasteiger charge is 2.16. The lowest BCUT2D eigenvalue weighted by Crippen LogP contribution is -1.93. The van der Waals surface area contributed by atoms with Crippen LogP contribution in [0.4, 0.5) is 0 Å². The van der Waals surface area contributed by atoms with E-state index in [1.807, 2.05) is 49.1 Å². The molecule has 0 amide bonds. The Hall–Kier alpha value is -5.60. The minimum atomic E-state index is 1.16. The molecular formula is C40H28N2. The van der Waals surface area contributed by atoms with Gasteiger partial charge in [-0.1, -0.05) is 109 Å². The van der Waals surface area contributed by atoms with Crippen LogP contribution in [0, 0.1) is 0 Å². The van der Waals surface area contributed by atoms with Crippen molar-refractivity contribution in [3.05, 3.63) is 170 Å². The third-order valence-electron chi connectivity index (χ3n) is 7.75. The van der Waals surface area contributed by atoms with E-state index in [1.54, 1.807) is 0 Å². The van der Waals surface area contributed by atoms with Crippen molar-refractivity contribution in [1.82, 2.24) is 9.97 Å². The highest BCUT2D eigenvalue weighted by Crippen LogP contribution is 2.42. The Bertz CT molecular complexity index is 1770. The van der Waals surface area contributed by atoms with Gasteiger partial charge in [0.15, 0.2) is 0 Å². The van der Waals surface area contributed by atoms with E-state index in [4.69, 9.17) is 0 Å². The van der Waals surface area contributed by atoms with Crippen LogP contribution in [0.15, 0.2) is 170 Å². The monoisotopic (exact) mass is 536 g/mol. The van der Waals surface area contributed by atoms with Gasteiger partial charge in [0.05, 0.1) is 0 Å². The minimum absolute atomic E-state index is 1.16. The molecule has 0 bridgehead atoms. The zero-order valence-corrected chi connectivity index (χ0v) is 23.1. The summed E-state index contributed by atoms with van der Waals surface area (Å²) in [5, 5.41) is 0. The van der Waals surface area contributed by atoms with Gasteiger partial charge in [-0.3, -0.25) is 9.97 Å². The fourth-order valence-electron chi connectivity index (χ4n) is 5.56. The topological polar surface area (TPSA) is 25.8 Å². The van der Waals surface area contributed by atoms with Crippen molar-refractivity contribution in [1.29, 1.82) is 0 Å². The molecule has 0 aliphatic heterocycles. The SMILES string of the molecule is c1ccc(-c2cc(-c3ccccc3)c(-c3ccc(-c4ccncc4)cc3)cc2-c2ccc(-c3ccncc3)cc2)cc1. The predicted molar refractivity (Wildman–Crippen MR) is 175 cm³/mol. The molecule has 7 rings (SSSR count). The Balaban J connectivity index is 1.42. The largest absolute Gasteiger partial charge is 0.265 e. The molecule has 0 aliphatic rings. The number of aromatic nitrogens is 2. The average Bonchev–Trinajstić information content (AvgIpc) is 3.09. The second-order valence-electron chi connectivity index (χ2n) is 10.3. The molecule has 0 saturated carbocycles. The van der Waals surface area contributed by atoms with Crippen LogP contribution in [0.2, 0.25) is 0 Å². The van der Waals surface area contributed by atoms with Gasteiger partial charge in [-0.05, 0) is 103 Å². The zero-order chi connectivity index (χ0) is 28.1. The Morgan fingerprint density at radius 1 is 0.238 bits per heavy atom. The first-order valence-electron chi connectivity index (χ1n) is 14.1. The number of hydrogen-bond donors (Lipinski definition) is 0. The van der Waals surface area contributed by atoms with Crippen LogP contribution >= 0.6 is 0 Å². The van der Waals surface area contributed by atoms with E-state index in [0.29, 0.717) is 0 Å². The highest BCUT2D eigenvalue weighted by molar-refractivity contribution is 5.95. The van der Waals surface area contributed by atoms with E-state index in [2.05, 4.69) is 131 Å². The third-order valence-corrected chi connectivity index (χ3v) is 7.75. The quantitative estimate of drug-likeness (QED) is 0.211. The molecule has 0 atom stereocenters. The van der Waals surface area contributed by atoms with Gasteiger partial charge in [0, 0.05) is 24.8 Å². The Morgan fingerprint density at radius 2 is 0.500 bits per heavy atom. The molecule has 2 nitrogen and oxygen atoms in total. The first-order valence-corrected chi connectivity index (χ1v) is 14.1. The number of pyridine rings is 2. The molecule has 7 aromatic rings. The van der Waals surface area contributed by atoms with E-state index >= 15 is 0 Å². The summed E-state index contributed by atoms with van der Waals surface area (Å²) in [7, 11) is 0. The Kier molecular flexibility index (Phi) is 6.94. The molecule has 2 heterocycles. The molecule has 0 fully saturated rings. The highest BCUT2D eigenvalue weighted by atomic mass is 14.6. The summed E-state index contributed by atoms with van der Waals surface area (Å²) in [6.45, 7) is 0. The second-order valence-corrected chi connectivity index (χ2v) is 10.3. The van der Waals surface area contributed by atoms with E-state index < -0.39 is 0 Å². The summed E-state index contributed by atoms with van der Waals surface area (Å²) >= 11 is 0. The lowest BCUT2D eigenvalue weighted by atomic mass is 9.85. The van der Waals surface area contributed by atoms with Crippen molar-refractivity contribution in [2.45, 2.75) is 0 Å². The van der Waals surface area contributed by atoms with Crippen molar-refractivity contribution in [2.75, 3.05) is 0 Å². The molecular weight excluding hydrogens is 508 g/mol. The van der Waals surface area contributed by atoms with E-state index in [0.717, 1.165) is 11.1 Å².